The van der Waals surface area contributed by atoms with E-state index < -0.39 is 0 Å². The maximum Gasteiger partial charge on any atom is 0.129 e. The van der Waals surface area contributed by atoms with Crippen molar-refractivity contribution in [3.63, 3.8) is 0 Å². The Balaban J connectivity index is 1.78. The molecule has 3 nitrogen and oxygen atoms in total. The van der Waals surface area contributed by atoms with Crippen molar-refractivity contribution in [1.29, 1.82) is 0 Å². The second kappa shape index (κ2) is 10.3. The van der Waals surface area contributed by atoms with Crippen LogP contribution in [0.3, 0.4) is 0 Å². The van der Waals surface area contributed by atoms with Crippen molar-refractivity contribution in [2.45, 2.75) is 90.3 Å². The number of ketones is 1. The smallest absolute Gasteiger partial charge is 0.129 e. The molecule has 0 radical (unpaired) electrons. The molecular formula is C22H36O3. The Morgan fingerprint density at radius 1 is 1.32 bits per heavy atom. The average Bonchev–Trinajstić information content (AvgIpc) is 3.06. The Morgan fingerprint density at radius 2 is 2.12 bits per heavy atom. The van der Waals surface area contributed by atoms with Crippen LogP contribution in [0.5, 0.6) is 0 Å². The minimum Gasteiger partial charge on any atom is -0.392 e. The molecule has 0 aromatic heterocycles. The van der Waals surface area contributed by atoms with Gasteiger partial charge in [0.15, 0.2) is 0 Å². The number of allylic oxidation sites excluding steroid dienone is 2. The van der Waals surface area contributed by atoms with Crippen molar-refractivity contribution in [2.75, 3.05) is 0 Å². The lowest BCUT2D eigenvalue weighted by atomic mass is 9.88. The molecule has 0 unspecified atom stereocenters. The minimum atomic E-state index is -0.377. The molecule has 2 rings (SSSR count). The number of carbonyl (C=O) groups excluding carboxylic acids is 1. The van der Waals surface area contributed by atoms with Crippen LogP contribution in [0.2, 0.25) is 0 Å². The standard InChI is InChI=1S/C22H36O3/c1-3-4-5-10-19(24)11-12-20-21-14-17(9-7-6-8-16(2)23)13-18(21)15-22(20)25/h11-13,18-22,24-25H,3-10,14-15H2,1-2H3/b12-11+/t18-,19-,20+,21-,22+/m1/s1. The van der Waals surface area contributed by atoms with Gasteiger partial charge in [-0.2, -0.15) is 0 Å². The molecule has 2 N–H and O–H groups in total. The third-order valence-corrected chi connectivity index (χ3v) is 5.89. The van der Waals surface area contributed by atoms with Crippen LogP contribution in [0.1, 0.15) is 78.1 Å². The zero-order valence-corrected chi connectivity index (χ0v) is 16.0. The molecule has 0 spiro atoms. The van der Waals surface area contributed by atoms with Gasteiger partial charge in [0.2, 0.25) is 0 Å². The van der Waals surface area contributed by atoms with Crippen LogP contribution in [0, 0.1) is 17.8 Å². The first kappa shape index (κ1) is 20.4. The number of hydrogen-bond donors (Lipinski definition) is 2. The fourth-order valence-corrected chi connectivity index (χ4v) is 4.47. The summed E-state index contributed by atoms with van der Waals surface area (Å²) < 4.78 is 0. The number of rotatable bonds is 11. The molecule has 5 atom stereocenters. The van der Waals surface area contributed by atoms with Crippen LogP contribution in [-0.4, -0.2) is 28.2 Å². The molecule has 2 aliphatic rings. The van der Waals surface area contributed by atoms with E-state index in [1.54, 1.807) is 6.92 Å². The van der Waals surface area contributed by atoms with Gasteiger partial charge >= 0.3 is 0 Å². The van der Waals surface area contributed by atoms with Crippen molar-refractivity contribution in [3.05, 3.63) is 23.8 Å². The van der Waals surface area contributed by atoms with E-state index >= 15 is 0 Å². The second-order valence-corrected chi connectivity index (χ2v) is 8.09. The molecule has 142 valence electrons. The van der Waals surface area contributed by atoms with Crippen LogP contribution >= 0.6 is 0 Å². The highest BCUT2D eigenvalue weighted by Crippen LogP contribution is 2.48. The van der Waals surface area contributed by atoms with Gasteiger partial charge in [-0.3, -0.25) is 0 Å². The van der Waals surface area contributed by atoms with Crippen LogP contribution in [0.4, 0.5) is 0 Å². The molecule has 0 amide bonds. The second-order valence-electron chi connectivity index (χ2n) is 8.09. The Labute approximate surface area is 153 Å². The van der Waals surface area contributed by atoms with E-state index in [9.17, 15) is 15.0 Å². The van der Waals surface area contributed by atoms with Crippen LogP contribution in [-0.2, 0) is 4.79 Å². The topological polar surface area (TPSA) is 57.5 Å². The summed E-state index contributed by atoms with van der Waals surface area (Å²) in [5.74, 6) is 1.45. The first-order chi connectivity index (χ1) is 12.0. The zero-order chi connectivity index (χ0) is 18.2. The molecule has 0 aliphatic heterocycles. The number of unbranched alkanes of at least 4 members (excludes halogenated alkanes) is 3. The highest BCUT2D eigenvalue weighted by molar-refractivity contribution is 5.75. The van der Waals surface area contributed by atoms with Crippen molar-refractivity contribution in [3.8, 4) is 0 Å². The molecular weight excluding hydrogens is 312 g/mol. The van der Waals surface area contributed by atoms with E-state index in [0.29, 0.717) is 18.3 Å². The fourth-order valence-electron chi connectivity index (χ4n) is 4.47. The summed E-state index contributed by atoms with van der Waals surface area (Å²) in [6, 6.07) is 0. The maximum atomic E-state index is 11.0. The fraction of sp³-hybridized carbons (Fsp3) is 0.773. The molecule has 0 heterocycles. The molecule has 2 aliphatic carbocycles. The minimum absolute atomic E-state index is 0.178. The van der Waals surface area contributed by atoms with E-state index in [-0.39, 0.29) is 23.9 Å². The Bertz CT molecular complexity index is 480. The first-order valence-electron chi connectivity index (χ1n) is 10.2. The third-order valence-electron chi connectivity index (χ3n) is 5.89. The molecule has 0 bridgehead atoms. The van der Waals surface area contributed by atoms with Gasteiger partial charge in [0.05, 0.1) is 12.2 Å². The summed E-state index contributed by atoms with van der Waals surface area (Å²) in [4.78, 5) is 11.0. The highest BCUT2D eigenvalue weighted by atomic mass is 16.3. The summed E-state index contributed by atoms with van der Waals surface area (Å²) in [5.41, 5.74) is 1.51. The van der Waals surface area contributed by atoms with Crippen molar-refractivity contribution < 1.29 is 15.0 Å². The predicted molar refractivity (Wildman–Crippen MR) is 102 cm³/mol. The summed E-state index contributed by atoms with van der Waals surface area (Å²) in [5, 5.41) is 20.5. The van der Waals surface area contributed by atoms with Crippen LogP contribution < -0.4 is 0 Å². The number of aliphatic hydroxyl groups is 2. The van der Waals surface area contributed by atoms with Crippen LogP contribution in [0.25, 0.3) is 0 Å². The molecule has 0 aromatic rings. The van der Waals surface area contributed by atoms with Gasteiger partial charge in [0.1, 0.15) is 5.78 Å². The molecule has 1 saturated carbocycles. The number of fused-ring (bicyclic) bond motifs is 1. The third kappa shape index (κ3) is 6.38. The first-order valence-corrected chi connectivity index (χ1v) is 10.2. The molecule has 3 heteroatoms. The van der Waals surface area contributed by atoms with Gasteiger partial charge in [-0.15, -0.1) is 0 Å². The summed E-state index contributed by atoms with van der Waals surface area (Å²) in [6.07, 6.45) is 15.7. The van der Waals surface area contributed by atoms with Gasteiger partial charge in [0.25, 0.3) is 0 Å². The van der Waals surface area contributed by atoms with Crippen LogP contribution in [0.15, 0.2) is 23.8 Å². The van der Waals surface area contributed by atoms with E-state index in [2.05, 4.69) is 19.1 Å². The molecule has 25 heavy (non-hydrogen) atoms. The summed E-state index contributed by atoms with van der Waals surface area (Å²) in [6.45, 7) is 3.83. The van der Waals surface area contributed by atoms with Gasteiger partial charge in [-0.05, 0) is 57.3 Å². The zero-order valence-electron chi connectivity index (χ0n) is 16.0. The normalized spacial score (nSPS) is 29.8. The highest BCUT2D eigenvalue weighted by Gasteiger charge is 2.43. The lowest BCUT2D eigenvalue weighted by Crippen LogP contribution is -2.18. The van der Waals surface area contributed by atoms with Gasteiger partial charge in [-0.25, -0.2) is 0 Å². The lowest BCUT2D eigenvalue weighted by Gasteiger charge is -2.19. The molecule has 0 aromatic carbocycles. The molecule has 1 fully saturated rings. The van der Waals surface area contributed by atoms with E-state index in [4.69, 9.17) is 0 Å². The average molecular weight is 349 g/mol. The van der Waals surface area contributed by atoms with Crippen molar-refractivity contribution >= 4 is 5.78 Å². The number of carbonyl (C=O) groups is 1. The number of aliphatic hydroxyl groups excluding tert-OH is 2. The van der Waals surface area contributed by atoms with Gasteiger partial charge in [0, 0.05) is 12.3 Å². The Kier molecular flexibility index (Phi) is 8.38. The van der Waals surface area contributed by atoms with E-state index in [0.717, 1.165) is 44.9 Å². The van der Waals surface area contributed by atoms with E-state index in [1.165, 1.54) is 18.4 Å². The summed E-state index contributed by atoms with van der Waals surface area (Å²) in [7, 11) is 0. The number of hydrogen-bond acceptors (Lipinski definition) is 3. The van der Waals surface area contributed by atoms with Crippen molar-refractivity contribution in [2.24, 2.45) is 17.8 Å². The Morgan fingerprint density at radius 3 is 2.84 bits per heavy atom. The Hall–Kier alpha value is -0.930. The largest absolute Gasteiger partial charge is 0.392 e. The van der Waals surface area contributed by atoms with Gasteiger partial charge < -0.3 is 15.0 Å². The van der Waals surface area contributed by atoms with Crippen molar-refractivity contribution in [1.82, 2.24) is 0 Å². The number of Topliss-reactive ketones (excluding diaryl/α,β-unsaturated/α-hetero) is 1. The van der Waals surface area contributed by atoms with Gasteiger partial charge in [-0.1, -0.05) is 50.0 Å². The maximum absolute atomic E-state index is 11.0. The van der Waals surface area contributed by atoms with E-state index in [1.807, 2.05) is 6.08 Å². The summed E-state index contributed by atoms with van der Waals surface area (Å²) >= 11 is 0. The molecule has 0 saturated heterocycles. The SMILES string of the molecule is CCCCC[C@@H](O)/C=C/[C@H]1[C@@H]2CC(CCCCC(C)=O)=C[C@@H]2C[C@@H]1O. The quantitative estimate of drug-likeness (QED) is 0.424. The predicted octanol–water partition coefficient (Wildman–Crippen LogP) is 4.58. The monoisotopic (exact) mass is 348 g/mol. The lowest BCUT2D eigenvalue weighted by molar-refractivity contribution is -0.117.